The molecule has 0 bridgehead atoms. The second kappa shape index (κ2) is 7.27. The topological polar surface area (TPSA) is 76.0 Å². The van der Waals surface area contributed by atoms with Gasteiger partial charge in [0.2, 0.25) is 0 Å². The molecule has 0 aliphatic heterocycles. The number of para-hydroxylation sites is 1. The van der Waals surface area contributed by atoms with Crippen molar-refractivity contribution < 1.29 is 28.3 Å². The Morgan fingerprint density at radius 3 is 2.38 bits per heavy atom. The molecular weight excluding hydrogens is 293 g/mol. The number of methoxy groups -OCH3 is 2. The van der Waals surface area contributed by atoms with Crippen molar-refractivity contribution >= 4 is 7.60 Å². The molecular formula is C14H25NO5P+. The van der Waals surface area contributed by atoms with Crippen molar-refractivity contribution in [3.05, 3.63) is 23.8 Å². The van der Waals surface area contributed by atoms with Gasteiger partial charge in [-0.1, -0.05) is 6.07 Å². The van der Waals surface area contributed by atoms with Crippen LogP contribution in [0.5, 0.6) is 11.5 Å². The molecule has 120 valence electrons. The molecule has 7 heteroatoms. The summed E-state index contributed by atoms with van der Waals surface area (Å²) >= 11 is 0. The summed E-state index contributed by atoms with van der Waals surface area (Å²) in [7, 11) is 3.34. The van der Waals surface area contributed by atoms with Crippen LogP contribution in [0.3, 0.4) is 0 Å². The maximum absolute atomic E-state index is 10.9. The van der Waals surface area contributed by atoms with Crippen LogP contribution in [0.25, 0.3) is 0 Å². The molecule has 0 aliphatic carbocycles. The predicted molar refractivity (Wildman–Crippen MR) is 81.8 cm³/mol. The number of ether oxygens (including phenoxy) is 2. The molecule has 21 heavy (non-hydrogen) atoms. The minimum Gasteiger partial charge on any atom is -0.493 e. The summed E-state index contributed by atoms with van der Waals surface area (Å²) < 4.78 is 22.2. The third-order valence-corrected chi connectivity index (χ3v) is 4.19. The first kappa shape index (κ1) is 18.0. The van der Waals surface area contributed by atoms with Gasteiger partial charge in [-0.05, 0) is 12.1 Å². The minimum atomic E-state index is -3.92. The SMILES string of the molecule is COc1cccc(C[N+](C)(C)CCCP(=O)(O)O)c1OC. The summed E-state index contributed by atoms with van der Waals surface area (Å²) in [6, 6.07) is 5.73. The lowest BCUT2D eigenvalue weighted by molar-refractivity contribution is -0.903. The van der Waals surface area contributed by atoms with Crippen LogP contribution in [-0.2, 0) is 11.1 Å². The largest absolute Gasteiger partial charge is 0.493 e. The zero-order valence-corrected chi connectivity index (χ0v) is 14.0. The summed E-state index contributed by atoms with van der Waals surface area (Å²) in [6.07, 6.45) is 0.396. The molecule has 0 atom stereocenters. The van der Waals surface area contributed by atoms with Crippen molar-refractivity contribution in [3.8, 4) is 11.5 Å². The fraction of sp³-hybridized carbons (Fsp3) is 0.571. The standard InChI is InChI=1S/C14H24NO5P/c1-15(2,9-6-10-21(16,17)18)11-12-7-5-8-13(19-3)14(12)20-4/h5,7-8H,6,9-11H2,1-4H3,(H-,16,17,18)/p+1. The quantitative estimate of drug-likeness (QED) is 0.565. The number of benzene rings is 1. The molecule has 0 heterocycles. The molecule has 2 N–H and O–H groups in total. The van der Waals surface area contributed by atoms with E-state index in [9.17, 15) is 4.57 Å². The number of hydrogen-bond donors (Lipinski definition) is 2. The molecule has 0 fully saturated rings. The van der Waals surface area contributed by atoms with E-state index in [1.165, 1.54) is 0 Å². The van der Waals surface area contributed by atoms with Gasteiger partial charge in [0.15, 0.2) is 11.5 Å². The molecule has 0 amide bonds. The van der Waals surface area contributed by atoms with Crippen LogP contribution < -0.4 is 9.47 Å². The Hall–Kier alpha value is -1.07. The highest BCUT2D eigenvalue weighted by Gasteiger charge is 2.22. The number of quaternary nitrogens is 1. The summed E-state index contributed by atoms with van der Waals surface area (Å²) in [5, 5.41) is 0. The van der Waals surface area contributed by atoms with Crippen LogP contribution in [0.15, 0.2) is 18.2 Å². The summed E-state index contributed by atoms with van der Waals surface area (Å²) in [6.45, 7) is 1.37. The third kappa shape index (κ3) is 6.06. The second-order valence-electron chi connectivity index (χ2n) is 5.71. The average molecular weight is 318 g/mol. The van der Waals surface area contributed by atoms with Gasteiger partial charge >= 0.3 is 7.60 Å². The first-order valence-electron chi connectivity index (χ1n) is 6.75. The highest BCUT2D eigenvalue weighted by atomic mass is 31.2. The fourth-order valence-corrected chi connectivity index (χ4v) is 2.88. The Morgan fingerprint density at radius 2 is 1.86 bits per heavy atom. The monoisotopic (exact) mass is 318 g/mol. The van der Waals surface area contributed by atoms with Crippen LogP contribution in [-0.4, -0.2) is 55.3 Å². The summed E-state index contributed by atoms with van der Waals surface area (Å²) in [5.41, 5.74) is 1.01. The van der Waals surface area contributed by atoms with Gasteiger partial charge in [-0.15, -0.1) is 0 Å². The summed E-state index contributed by atoms with van der Waals surface area (Å²) in [5.74, 6) is 1.39. The number of nitrogens with zero attached hydrogens (tertiary/aromatic N) is 1. The molecule has 0 aromatic heterocycles. The molecule has 0 saturated carbocycles. The van der Waals surface area contributed by atoms with E-state index in [4.69, 9.17) is 19.3 Å². The van der Waals surface area contributed by atoms with Crippen LogP contribution in [0, 0.1) is 0 Å². The van der Waals surface area contributed by atoms with Crippen LogP contribution in [0.4, 0.5) is 0 Å². The smallest absolute Gasteiger partial charge is 0.325 e. The van der Waals surface area contributed by atoms with Crippen molar-refractivity contribution in [2.75, 3.05) is 41.0 Å². The van der Waals surface area contributed by atoms with Gasteiger partial charge in [-0.2, -0.15) is 0 Å². The van der Waals surface area contributed by atoms with E-state index >= 15 is 0 Å². The van der Waals surface area contributed by atoms with Crippen molar-refractivity contribution in [1.82, 2.24) is 0 Å². The lowest BCUT2D eigenvalue weighted by Gasteiger charge is -2.30. The normalized spacial score (nSPS) is 12.3. The Bertz CT molecular complexity index is 512. The molecule has 0 aliphatic rings. The third-order valence-electron chi connectivity index (χ3n) is 3.30. The van der Waals surface area contributed by atoms with E-state index in [0.717, 1.165) is 5.56 Å². The summed E-state index contributed by atoms with van der Waals surface area (Å²) in [4.78, 5) is 17.8. The zero-order chi connectivity index (χ0) is 16.1. The molecule has 0 saturated heterocycles. The maximum Gasteiger partial charge on any atom is 0.325 e. The highest BCUT2D eigenvalue weighted by Crippen LogP contribution is 2.36. The molecule has 6 nitrogen and oxygen atoms in total. The molecule has 1 rings (SSSR count). The van der Waals surface area contributed by atoms with Gasteiger partial charge in [-0.25, -0.2) is 0 Å². The molecule has 0 spiro atoms. The van der Waals surface area contributed by atoms with Gasteiger partial charge in [-0.3, -0.25) is 4.57 Å². The fourth-order valence-electron chi connectivity index (χ4n) is 2.32. The average Bonchev–Trinajstić information content (AvgIpc) is 2.35. The van der Waals surface area contributed by atoms with E-state index in [1.54, 1.807) is 14.2 Å². The zero-order valence-electron chi connectivity index (χ0n) is 13.1. The van der Waals surface area contributed by atoms with E-state index in [0.29, 0.717) is 35.5 Å². The van der Waals surface area contributed by atoms with Gasteiger partial charge in [0.25, 0.3) is 0 Å². The van der Waals surface area contributed by atoms with Crippen molar-refractivity contribution in [2.45, 2.75) is 13.0 Å². The Labute approximate surface area is 126 Å². The Morgan fingerprint density at radius 1 is 1.19 bits per heavy atom. The van der Waals surface area contributed by atoms with Crippen molar-refractivity contribution in [2.24, 2.45) is 0 Å². The van der Waals surface area contributed by atoms with Crippen molar-refractivity contribution in [3.63, 3.8) is 0 Å². The maximum atomic E-state index is 10.9. The van der Waals surface area contributed by atoms with Crippen LogP contribution in [0.2, 0.25) is 0 Å². The van der Waals surface area contributed by atoms with Gasteiger partial charge in [0.05, 0.1) is 46.6 Å². The first-order chi connectivity index (χ1) is 9.68. The van der Waals surface area contributed by atoms with Crippen LogP contribution >= 0.6 is 7.60 Å². The van der Waals surface area contributed by atoms with E-state index in [2.05, 4.69) is 0 Å². The lowest BCUT2D eigenvalue weighted by Crippen LogP contribution is -2.40. The molecule has 1 aromatic rings. The minimum absolute atomic E-state index is 0.0794. The van der Waals surface area contributed by atoms with Crippen molar-refractivity contribution in [1.29, 1.82) is 0 Å². The molecule has 0 radical (unpaired) electrons. The highest BCUT2D eigenvalue weighted by molar-refractivity contribution is 7.51. The van der Waals surface area contributed by atoms with E-state index in [-0.39, 0.29) is 6.16 Å². The van der Waals surface area contributed by atoms with Crippen LogP contribution in [0.1, 0.15) is 12.0 Å². The van der Waals surface area contributed by atoms with Gasteiger partial charge < -0.3 is 23.7 Å². The van der Waals surface area contributed by atoms with E-state index in [1.807, 2.05) is 32.3 Å². The molecule has 0 unspecified atom stereocenters. The second-order valence-corrected chi connectivity index (χ2v) is 7.49. The molecule has 1 aromatic carbocycles. The lowest BCUT2D eigenvalue weighted by atomic mass is 10.1. The first-order valence-corrected chi connectivity index (χ1v) is 8.55. The Balaban J connectivity index is 2.77. The van der Waals surface area contributed by atoms with Gasteiger partial charge in [0, 0.05) is 6.42 Å². The Kier molecular flexibility index (Phi) is 6.23. The number of rotatable bonds is 8. The van der Waals surface area contributed by atoms with Gasteiger partial charge in [0.1, 0.15) is 6.54 Å². The number of hydrogen-bond acceptors (Lipinski definition) is 3. The van der Waals surface area contributed by atoms with E-state index < -0.39 is 7.60 Å². The predicted octanol–water partition coefficient (Wildman–Crippen LogP) is 1.85.